The summed E-state index contributed by atoms with van der Waals surface area (Å²) in [7, 11) is 4.03. The maximum absolute atomic E-state index is 12.3. The number of phenols is 1. The van der Waals surface area contributed by atoms with Crippen molar-refractivity contribution in [2.24, 2.45) is 0 Å². The van der Waals surface area contributed by atoms with Gasteiger partial charge in [-0.3, -0.25) is 0 Å². The van der Waals surface area contributed by atoms with E-state index in [1.807, 2.05) is 80.7 Å². The number of hydrogen-bond acceptors (Lipinski definition) is 5. The van der Waals surface area contributed by atoms with Gasteiger partial charge in [0.1, 0.15) is 0 Å². The summed E-state index contributed by atoms with van der Waals surface area (Å²) in [5, 5.41) is 22.9. The van der Waals surface area contributed by atoms with Crippen molar-refractivity contribution in [3.63, 3.8) is 0 Å². The summed E-state index contributed by atoms with van der Waals surface area (Å²) < 4.78 is 7.95. The third-order valence-electron chi connectivity index (χ3n) is 6.53. The Bertz CT molecular complexity index is 1650. The summed E-state index contributed by atoms with van der Waals surface area (Å²) >= 11 is -1.54. The first kappa shape index (κ1) is 24.3. The molecule has 1 fully saturated rings. The van der Waals surface area contributed by atoms with Gasteiger partial charge in [-0.1, -0.05) is 0 Å². The average molecular weight is 587 g/mol. The maximum atomic E-state index is 12.3. The molecule has 2 N–H and O–H groups in total. The molecule has 2 aliphatic heterocycles. The van der Waals surface area contributed by atoms with Crippen molar-refractivity contribution in [3.8, 4) is 17.2 Å². The zero-order valence-electron chi connectivity index (χ0n) is 19.8. The quantitative estimate of drug-likeness (QED) is 0.293. The Morgan fingerprint density at radius 1 is 0.892 bits per heavy atom. The molecular formula is C30H23AsO4S2. The molecule has 0 spiro atoms. The van der Waals surface area contributed by atoms with Gasteiger partial charge in [-0.2, -0.15) is 0 Å². The summed E-state index contributed by atoms with van der Waals surface area (Å²) in [6.45, 7) is 4.36. The first-order valence-corrected chi connectivity index (χ1v) is 19.3. The SMILES string of the molecule is C=c1ccc2c(c1[As]1SCCS1)Oc1c(ccc(O)c1Cc1ccccc1)C=2c1ccccc1C(=O)O. The number of aromatic carboxylic acids is 1. The molecule has 0 radical (unpaired) electrons. The monoisotopic (exact) mass is 586 g/mol. The van der Waals surface area contributed by atoms with Crippen LogP contribution >= 0.6 is 20.0 Å². The molecule has 4 aromatic rings. The van der Waals surface area contributed by atoms with Crippen molar-refractivity contribution in [2.45, 2.75) is 6.42 Å². The molecule has 7 heteroatoms. The molecule has 6 rings (SSSR count). The van der Waals surface area contributed by atoms with Crippen LogP contribution in [-0.2, 0) is 6.42 Å². The van der Waals surface area contributed by atoms with Crippen molar-refractivity contribution in [1.29, 1.82) is 0 Å². The Balaban J connectivity index is 1.69. The van der Waals surface area contributed by atoms with E-state index in [0.29, 0.717) is 23.3 Å². The van der Waals surface area contributed by atoms with Crippen LogP contribution in [0.4, 0.5) is 0 Å². The van der Waals surface area contributed by atoms with Gasteiger partial charge < -0.3 is 0 Å². The summed E-state index contributed by atoms with van der Waals surface area (Å²) in [6.07, 6.45) is 0.489. The number of carboxylic acid groups (broad SMARTS) is 1. The predicted octanol–water partition coefficient (Wildman–Crippen LogP) is 4.62. The van der Waals surface area contributed by atoms with Crippen LogP contribution in [0.3, 0.4) is 0 Å². The number of fused-ring (bicyclic) bond motifs is 2. The number of aromatic hydroxyl groups is 1. The third-order valence-corrected chi connectivity index (χ3v) is 20.3. The Morgan fingerprint density at radius 3 is 2.38 bits per heavy atom. The van der Waals surface area contributed by atoms with Gasteiger partial charge in [-0.25, -0.2) is 0 Å². The van der Waals surface area contributed by atoms with Gasteiger partial charge in [0.25, 0.3) is 0 Å². The Hall–Kier alpha value is -3.05. The standard InChI is InChI=1S/C30H23AsO4S2/c1-18-11-12-23-26(20-9-5-6-10-21(20)30(33)34)22-13-14-25(32)24(17-19-7-3-2-4-8-19)28(22)35-29(23)27(18)31-36-15-16-37-31/h2-14,32H,1,15-17H2,(H,33,34). The Labute approximate surface area is 225 Å². The van der Waals surface area contributed by atoms with Crippen LogP contribution in [0.5, 0.6) is 17.2 Å². The molecule has 0 aliphatic carbocycles. The minimum absolute atomic E-state index is 0.159. The zero-order chi connectivity index (χ0) is 25.5. The van der Waals surface area contributed by atoms with Crippen molar-refractivity contribution < 1.29 is 19.7 Å². The molecule has 1 saturated heterocycles. The first-order chi connectivity index (χ1) is 18.0. The molecule has 0 unspecified atom stereocenters. The summed E-state index contributed by atoms with van der Waals surface area (Å²) in [5.74, 6) is 2.75. The van der Waals surface area contributed by atoms with E-state index in [-0.39, 0.29) is 11.3 Å². The molecular weight excluding hydrogens is 563 g/mol. The number of carboxylic acids is 1. The molecule has 0 saturated carbocycles. The van der Waals surface area contributed by atoms with E-state index in [9.17, 15) is 15.0 Å². The number of rotatable bonds is 5. The van der Waals surface area contributed by atoms with Crippen LogP contribution in [0.2, 0.25) is 0 Å². The van der Waals surface area contributed by atoms with Crippen LogP contribution < -0.4 is 19.5 Å². The van der Waals surface area contributed by atoms with Crippen LogP contribution in [0.15, 0.2) is 78.9 Å². The van der Waals surface area contributed by atoms with Gasteiger partial charge in [-0.15, -0.1) is 0 Å². The molecule has 0 bridgehead atoms. The molecule has 0 atom stereocenters. The molecule has 0 aromatic heterocycles. The molecule has 4 aromatic carbocycles. The number of ether oxygens (including phenoxy) is 1. The summed E-state index contributed by atoms with van der Waals surface area (Å²) in [6, 6.07) is 24.6. The average Bonchev–Trinajstić information content (AvgIpc) is 3.44. The van der Waals surface area contributed by atoms with Crippen LogP contribution in [0.1, 0.15) is 32.6 Å². The van der Waals surface area contributed by atoms with Gasteiger partial charge in [0.15, 0.2) is 0 Å². The van der Waals surface area contributed by atoms with E-state index in [0.717, 1.165) is 44.4 Å². The second-order valence-corrected chi connectivity index (χ2v) is 20.4. The van der Waals surface area contributed by atoms with E-state index in [2.05, 4.69) is 6.58 Å². The van der Waals surface area contributed by atoms with E-state index >= 15 is 0 Å². The van der Waals surface area contributed by atoms with E-state index in [4.69, 9.17) is 4.74 Å². The zero-order valence-corrected chi connectivity index (χ0v) is 23.3. The fourth-order valence-electron chi connectivity index (χ4n) is 4.85. The molecule has 184 valence electrons. The fraction of sp³-hybridized carbons (Fsp3) is 0.100. The van der Waals surface area contributed by atoms with E-state index in [1.54, 1.807) is 18.2 Å². The van der Waals surface area contributed by atoms with Gasteiger partial charge in [0, 0.05) is 0 Å². The number of benzene rings is 4. The molecule has 4 nitrogen and oxygen atoms in total. The number of hydrogen-bond donors (Lipinski definition) is 2. The van der Waals surface area contributed by atoms with Crippen molar-refractivity contribution in [3.05, 3.63) is 117 Å². The van der Waals surface area contributed by atoms with E-state index < -0.39 is 18.3 Å². The third kappa shape index (κ3) is 4.37. The Morgan fingerprint density at radius 2 is 1.62 bits per heavy atom. The summed E-state index contributed by atoms with van der Waals surface area (Å²) in [4.78, 5) is 12.3. The van der Waals surface area contributed by atoms with Crippen molar-refractivity contribution in [2.75, 3.05) is 11.5 Å². The molecule has 37 heavy (non-hydrogen) atoms. The fourth-order valence-corrected chi connectivity index (χ4v) is 20.0. The van der Waals surface area contributed by atoms with Gasteiger partial charge in [0.05, 0.1) is 0 Å². The second kappa shape index (κ2) is 10.0. The van der Waals surface area contributed by atoms with E-state index in [1.165, 1.54) is 4.35 Å². The minimum atomic E-state index is -1.54. The molecule has 2 heterocycles. The van der Waals surface area contributed by atoms with Crippen molar-refractivity contribution >= 4 is 54.9 Å². The number of phenolic OH excluding ortho intramolecular Hbond substituents is 1. The number of carbonyl (C=O) groups is 1. The normalized spacial score (nSPS) is 14.6. The first-order valence-electron chi connectivity index (χ1n) is 11.8. The molecule has 0 amide bonds. The van der Waals surface area contributed by atoms with Gasteiger partial charge in [-0.05, 0) is 0 Å². The van der Waals surface area contributed by atoms with Crippen LogP contribution in [0.25, 0.3) is 12.2 Å². The Kier molecular flexibility index (Phi) is 6.58. The van der Waals surface area contributed by atoms with Crippen LogP contribution in [0, 0.1) is 0 Å². The topological polar surface area (TPSA) is 66.8 Å². The van der Waals surface area contributed by atoms with Crippen molar-refractivity contribution in [1.82, 2.24) is 0 Å². The second-order valence-electron chi connectivity index (χ2n) is 8.80. The van der Waals surface area contributed by atoms with Crippen LogP contribution in [-0.4, -0.2) is 40.0 Å². The molecule has 2 aliphatic rings. The van der Waals surface area contributed by atoms with Gasteiger partial charge in [0.2, 0.25) is 0 Å². The predicted molar refractivity (Wildman–Crippen MR) is 154 cm³/mol. The van der Waals surface area contributed by atoms with Gasteiger partial charge >= 0.3 is 227 Å². The summed E-state index contributed by atoms with van der Waals surface area (Å²) in [5.41, 5.74) is 4.20.